The van der Waals surface area contributed by atoms with Crippen LogP contribution in [0.4, 0.5) is 0 Å². The molecule has 9 nitrogen and oxygen atoms in total. The number of pyridine rings is 1. The molecule has 0 radical (unpaired) electrons. The van der Waals surface area contributed by atoms with Gasteiger partial charge in [-0.15, -0.1) is 0 Å². The van der Waals surface area contributed by atoms with Crippen molar-refractivity contribution < 1.29 is 23.9 Å². The van der Waals surface area contributed by atoms with Gasteiger partial charge in [-0.3, -0.25) is 9.69 Å². The number of likely N-dealkylation sites (tertiary alicyclic amines) is 1. The first-order valence-corrected chi connectivity index (χ1v) is 13.1. The molecule has 0 amide bonds. The van der Waals surface area contributed by atoms with E-state index in [0.29, 0.717) is 49.8 Å². The summed E-state index contributed by atoms with van der Waals surface area (Å²) in [7, 11) is 1.62. The van der Waals surface area contributed by atoms with Crippen LogP contribution in [0.3, 0.4) is 0 Å². The third-order valence-corrected chi connectivity index (χ3v) is 7.43. The van der Waals surface area contributed by atoms with Crippen LogP contribution in [0.15, 0.2) is 28.8 Å². The monoisotopic (exact) mass is 506 g/mol. The molecule has 2 aromatic heterocycles. The summed E-state index contributed by atoms with van der Waals surface area (Å²) < 4.78 is 17.3. The van der Waals surface area contributed by atoms with Gasteiger partial charge in [0.05, 0.1) is 13.0 Å². The number of nitrogens with zero attached hydrogens (tertiary/aromatic N) is 4. The number of aliphatic carboxylic acids is 1. The Morgan fingerprint density at radius 2 is 1.92 bits per heavy atom. The molecule has 2 aliphatic rings. The van der Waals surface area contributed by atoms with Gasteiger partial charge >= 0.3 is 5.97 Å². The Kier molecular flexibility index (Phi) is 7.41. The Hall–Kier alpha value is -3.46. The average Bonchev–Trinajstić information content (AvgIpc) is 3.58. The van der Waals surface area contributed by atoms with Gasteiger partial charge in [0.15, 0.2) is 0 Å². The SMILES string of the molecule is CCc1cc(-c2noc(-c3cc(OC)nc(C4CCCC4)c3)n2)cc(C)c1OCCN1CC(C(=O)O)C1. The van der Waals surface area contributed by atoms with Crippen molar-refractivity contribution in [3.05, 3.63) is 41.1 Å². The molecular weight excluding hydrogens is 472 g/mol. The molecule has 1 aliphatic heterocycles. The number of methoxy groups -OCH3 is 1. The van der Waals surface area contributed by atoms with Crippen LogP contribution in [-0.4, -0.2) is 64.5 Å². The quantitative estimate of drug-likeness (QED) is 0.417. The van der Waals surface area contributed by atoms with E-state index >= 15 is 0 Å². The fraction of sp³-hybridized carbons (Fsp3) is 0.500. The van der Waals surface area contributed by atoms with Gasteiger partial charge in [0, 0.05) is 48.4 Å². The largest absolute Gasteiger partial charge is 0.492 e. The van der Waals surface area contributed by atoms with E-state index in [1.165, 1.54) is 12.8 Å². The van der Waals surface area contributed by atoms with Crippen LogP contribution in [0, 0.1) is 12.8 Å². The first kappa shape index (κ1) is 25.2. The van der Waals surface area contributed by atoms with Crippen LogP contribution in [0.25, 0.3) is 22.8 Å². The van der Waals surface area contributed by atoms with Crippen molar-refractivity contribution in [2.75, 3.05) is 33.4 Å². The molecule has 0 spiro atoms. The van der Waals surface area contributed by atoms with Gasteiger partial charge in [-0.2, -0.15) is 4.98 Å². The van der Waals surface area contributed by atoms with Gasteiger partial charge in [0.1, 0.15) is 12.4 Å². The Balaban J connectivity index is 1.31. The number of ether oxygens (including phenoxy) is 2. The second kappa shape index (κ2) is 10.9. The molecule has 0 atom stereocenters. The van der Waals surface area contributed by atoms with Crippen LogP contribution in [0.5, 0.6) is 11.6 Å². The Morgan fingerprint density at radius 1 is 1.14 bits per heavy atom. The van der Waals surface area contributed by atoms with Crippen molar-refractivity contribution in [1.82, 2.24) is 20.0 Å². The number of carbonyl (C=O) groups is 1. The molecule has 37 heavy (non-hydrogen) atoms. The van der Waals surface area contributed by atoms with Crippen LogP contribution < -0.4 is 9.47 Å². The fourth-order valence-corrected chi connectivity index (χ4v) is 5.27. The van der Waals surface area contributed by atoms with Crippen molar-refractivity contribution in [3.8, 4) is 34.5 Å². The number of hydrogen-bond donors (Lipinski definition) is 1. The number of rotatable bonds is 10. The minimum Gasteiger partial charge on any atom is -0.492 e. The van der Waals surface area contributed by atoms with E-state index in [1.807, 2.05) is 25.1 Å². The minimum absolute atomic E-state index is 0.255. The molecule has 3 heterocycles. The van der Waals surface area contributed by atoms with Gasteiger partial charge in [0.2, 0.25) is 11.7 Å². The standard InChI is InChI=1S/C28H34N4O5/c1-4-18-12-20(11-17(2)25(18)36-10-9-32-15-22(16-32)28(33)34)26-30-27(37-31-26)21-13-23(19-7-5-6-8-19)29-24(14-21)35-3/h11-14,19,22H,4-10,15-16H2,1-3H3,(H,33,34). The zero-order valence-corrected chi connectivity index (χ0v) is 21.7. The average molecular weight is 507 g/mol. The number of aryl methyl sites for hydroxylation is 2. The van der Waals surface area contributed by atoms with E-state index in [0.717, 1.165) is 53.0 Å². The van der Waals surface area contributed by atoms with E-state index in [-0.39, 0.29) is 5.92 Å². The van der Waals surface area contributed by atoms with Gasteiger partial charge in [-0.05, 0) is 55.5 Å². The van der Waals surface area contributed by atoms with Gasteiger partial charge in [-0.1, -0.05) is 24.9 Å². The highest BCUT2D eigenvalue weighted by Gasteiger charge is 2.32. The third kappa shape index (κ3) is 5.46. The molecular formula is C28H34N4O5. The summed E-state index contributed by atoms with van der Waals surface area (Å²) in [6.07, 6.45) is 5.54. The van der Waals surface area contributed by atoms with Crippen molar-refractivity contribution in [1.29, 1.82) is 0 Å². The van der Waals surface area contributed by atoms with E-state index in [2.05, 4.69) is 28.0 Å². The van der Waals surface area contributed by atoms with Gasteiger partial charge < -0.3 is 19.1 Å². The Labute approximate surface area is 216 Å². The summed E-state index contributed by atoms with van der Waals surface area (Å²) in [5, 5.41) is 13.3. The zero-order valence-electron chi connectivity index (χ0n) is 21.7. The van der Waals surface area contributed by atoms with E-state index in [9.17, 15) is 4.79 Å². The molecule has 1 N–H and O–H groups in total. The number of carboxylic acid groups (broad SMARTS) is 1. The van der Waals surface area contributed by atoms with Crippen LogP contribution >= 0.6 is 0 Å². The zero-order chi connectivity index (χ0) is 25.9. The highest BCUT2D eigenvalue weighted by atomic mass is 16.5. The molecule has 0 bridgehead atoms. The molecule has 196 valence electrons. The van der Waals surface area contributed by atoms with Crippen LogP contribution in [0.1, 0.15) is 55.3 Å². The predicted molar refractivity (Wildman–Crippen MR) is 138 cm³/mol. The molecule has 3 aromatic rings. The molecule has 2 fully saturated rings. The highest BCUT2D eigenvalue weighted by molar-refractivity contribution is 5.71. The molecule has 1 saturated heterocycles. The second-order valence-corrected chi connectivity index (χ2v) is 10.0. The summed E-state index contributed by atoms with van der Waals surface area (Å²) in [4.78, 5) is 22.5. The second-order valence-electron chi connectivity index (χ2n) is 10.0. The smallest absolute Gasteiger partial charge is 0.309 e. The topological polar surface area (TPSA) is 111 Å². The first-order valence-electron chi connectivity index (χ1n) is 13.1. The lowest BCUT2D eigenvalue weighted by Crippen LogP contribution is -2.51. The van der Waals surface area contributed by atoms with Crippen molar-refractivity contribution in [2.45, 2.75) is 51.9 Å². The first-order chi connectivity index (χ1) is 17.9. The molecule has 1 aliphatic carbocycles. The van der Waals surface area contributed by atoms with Crippen molar-refractivity contribution >= 4 is 5.97 Å². The molecule has 9 heteroatoms. The van der Waals surface area contributed by atoms with Gasteiger partial charge in [0.25, 0.3) is 5.89 Å². The van der Waals surface area contributed by atoms with E-state index in [1.54, 1.807) is 7.11 Å². The molecule has 1 aromatic carbocycles. The van der Waals surface area contributed by atoms with Gasteiger partial charge in [-0.25, -0.2) is 4.98 Å². The lowest BCUT2D eigenvalue weighted by molar-refractivity contribution is -0.147. The fourth-order valence-electron chi connectivity index (χ4n) is 5.27. The summed E-state index contributed by atoms with van der Waals surface area (Å²) in [6, 6.07) is 7.96. The molecule has 5 rings (SSSR count). The maximum absolute atomic E-state index is 11.0. The normalized spacial score (nSPS) is 16.6. The predicted octanol–water partition coefficient (Wildman–Crippen LogP) is 4.73. The van der Waals surface area contributed by atoms with Crippen molar-refractivity contribution in [3.63, 3.8) is 0 Å². The van der Waals surface area contributed by atoms with Crippen LogP contribution in [-0.2, 0) is 11.2 Å². The summed E-state index contributed by atoms with van der Waals surface area (Å²) >= 11 is 0. The number of carboxylic acids is 1. The number of benzene rings is 1. The number of hydrogen-bond acceptors (Lipinski definition) is 8. The highest BCUT2D eigenvalue weighted by Crippen LogP contribution is 2.36. The lowest BCUT2D eigenvalue weighted by Gasteiger charge is -2.36. The van der Waals surface area contributed by atoms with E-state index < -0.39 is 5.97 Å². The van der Waals surface area contributed by atoms with E-state index in [4.69, 9.17) is 24.1 Å². The third-order valence-electron chi connectivity index (χ3n) is 7.43. The Bertz CT molecular complexity index is 1260. The van der Waals surface area contributed by atoms with Crippen LogP contribution in [0.2, 0.25) is 0 Å². The van der Waals surface area contributed by atoms with Crippen molar-refractivity contribution in [2.24, 2.45) is 5.92 Å². The minimum atomic E-state index is -0.723. The summed E-state index contributed by atoms with van der Waals surface area (Å²) in [5.41, 5.74) is 4.79. The maximum atomic E-state index is 11.0. The number of aromatic nitrogens is 3. The molecule has 1 saturated carbocycles. The molecule has 0 unspecified atom stereocenters. The summed E-state index contributed by atoms with van der Waals surface area (Å²) in [6.45, 7) is 6.50. The maximum Gasteiger partial charge on any atom is 0.309 e. The Morgan fingerprint density at radius 3 is 2.62 bits per heavy atom. The lowest BCUT2D eigenvalue weighted by atomic mass is 10.0. The summed E-state index contributed by atoms with van der Waals surface area (Å²) in [5.74, 6) is 1.86.